The van der Waals surface area contributed by atoms with Crippen molar-refractivity contribution in [3.8, 4) is 0 Å². The monoisotopic (exact) mass is 295 g/mol. The maximum atomic E-state index is 12.5. The molecule has 0 aliphatic carbocycles. The van der Waals surface area contributed by atoms with Crippen molar-refractivity contribution in [3.05, 3.63) is 20.8 Å². The van der Waals surface area contributed by atoms with Gasteiger partial charge in [-0.25, -0.2) is 4.79 Å². The van der Waals surface area contributed by atoms with Gasteiger partial charge in [0.15, 0.2) is 11.2 Å². The Labute approximate surface area is 122 Å². The Morgan fingerprint density at radius 1 is 1.29 bits per heavy atom. The molecule has 116 valence electrons. The van der Waals surface area contributed by atoms with Gasteiger partial charge in [-0.3, -0.25) is 13.9 Å². The zero-order valence-electron chi connectivity index (χ0n) is 12.8. The van der Waals surface area contributed by atoms with Crippen molar-refractivity contribution in [1.82, 2.24) is 18.7 Å². The highest BCUT2D eigenvalue weighted by Gasteiger charge is 2.18. The molecule has 21 heavy (non-hydrogen) atoms. The maximum Gasteiger partial charge on any atom is 0.332 e. The van der Waals surface area contributed by atoms with Crippen LogP contribution >= 0.6 is 0 Å². The molecular weight excluding hydrogens is 274 g/mol. The second kappa shape index (κ2) is 6.13. The van der Waals surface area contributed by atoms with Gasteiger partial charge in [0, 0.05) is 40.9 Å². The van der Waals surface area contributed by atoms with E-state index in [4.69, 9.17) is 4.74 Å². The zero-order valence-corrected chi connectivity index (χ0v) is 12.8. The number of hydrogen-bond acceptors (Lipinski definition) is 5. The van der Waals surface area contributed by atoms with Crippen molar-refractivity contribution in [2.45, 2.75) is 26.4 Å². The second-order valence-electron chi connectivity index (χ2n) is 4.75. The molecule has 0 amide bonds. The van der Waals surface area contributed by atoms with E-state index in [0.29, 0.717) is 43.2 Å². The quantitative estimate of drug-likeness (QED) is 0.758. The molecule has 0 bridgehead atoms. The Bertz CT molecular complexity index is 756. The summed E-state index contributed by atoms with van der Waals surface area (Å²) < 4.78 is 9.47. The number of ether oxygens (including phenoxy) is 1. The molecule has 0 radical (unpaired) electrons. The van der Waals surface area contributed by atoms with Gasteiger partial charge in [0.05, 0.1) is 0 Å². The summed E-state index contributed by atoms with van der Waals surface area (Å²) in [6, 6.07) is 0. The molecule has 0 saturated heterocycles. The normalized spacial score (nSPS) is 11.2. The third-order valence-corrected chi connectivity index (χ3v) is 3.51. The molecule has 0 fully saturated rings. The van der Waals surface area contributed by atoms with Gasteiger partial charge >= 0.3 is 5.69 Å². The van der Waals surface area contributed by atoms with Crippen LogP contribution in [0.5, 0.6) is 0 Å². The lowest BCUT2D eigenvalue weighted by atomic mass is 10.4. The predicted molar refractivity (Wildman–Crippen MR) is 80.9 cm³/mol. The van der Waals surface area contributed by atoms with Crippen LogP contribution in [0, 0.1) is 0 Å². The summed E-state index contributed by atoms with van der Waals surface area (Å²) in [7, 11) is 5.10. The van der Waals surface area contributed by atoms with E-state index in [1.54, 1.807) is 37.3 Å². The molecule has 1 N–H and O–H groups in total. The van der Waals surface area contributed by atoms with Gasteiger partial charge in [0.1, 0.15) is 0 Å². The van der Waals surface area contributed by atoms with Crippen LogP contribution in [0.2, 0.25) is 0 Å². The van der Waals surface area contributed by atoms with E-state index in [0.717, 1.165) is 0 Å². The van der Waals surface area contributed by atoms with Gasteiger partial charge in [-0.05, 0) is 13.3 Å². The van der Waals surface area contributed by atoms with Gasteiger partial charge in [0.2, 0.25) is 5.95 Å². The number of methoxy groups -OCH3 is 1. The number of rotatable bonds is 6. The van der Waals surface area contributed by atoms with Crippen molar-refractivity contribution < 1.29 is 4.74 Å². The minimum atomic E-state index is -0.327. The van der Waals surface area contributed by atoms with E-state index in [1.165, 1.54) is 4.57 Å². The van der Waals surface area contributed by atoms with Crippen molar-refractivity contribution in [2.75, 3.05) is 26.1 Å². The summed E-state index contributed by atoms with van der Waals surface area (Å²) in [6.45, 7) is 3.12. The standard InChI is InChI=1S/C13H21N5O3/c1-5-17-11(19)9-10(15-12(14-2)16(9)3)18(13(17)20)7-6-8-21-4/h5-8H2,1-4H3,(H,14,15). The molecule has 0 aliphatic rings. The third kappa shape index (κ3) is 2.46. The summed E-state index contributed by atoms with van der Waals surface area (Å²) in [5.41, 5.74) is 0.208. The smallest absolute Gasteiger partial charge is 0.332 e. The van der Waals surface area contributed by atoms with Gasteiger partial charge in [0.25, 0.3) is 5.56 Å². The third-order valence-electron chi connectivity index (χ3n) is 3.51. The molecule has 8 nitrogen and oxygen atoms in total. The van der Waals surface area contributed by atoms with Crippen LogP contribution in [0.4, 0.5) is 5.95 Å². The first-order chi connectivity index (χ1) is 10.1. The number of aryl methyl sites for hydroxylation is 2. The van der Waals surface area contributed by atoms with Crippen LogP contribution < -0.4 is 16.6 Å². The first-order valence-corrected chi connectivity index (χ1v) is 6.93. The minimum absolute atomic E-state index is 0.308. The Morgan fingerprint density at radius 2 is 2.00 bits per heavy atom. The van der Waals surface area contributed by atoms with E-state index >= 15 is 0 Å². The fraction of sp³-hybridized carbons (Fsp3) is 0.615. The zero-order chi connectivity index (χ0) is 15.6. The summed E-state index contributed by atoms with van der Waals surface area (Å²) in [5.74, 6) is 0.552. The van der Waals surface area contributed by atoms with E-state index < -0.39 is 0 Å². The molecule has 0 aliphatic heterocycles. The van der Waals surface area contributed by atoms with Gasteiger partial charge in [-0.1, -0.05) is 0 Å². The fourth-order valence-corrected chi connectivity index (χ4v) is 2.43. The Balaban J connectivity index is 2.75. The van der Waals surface area contributed by atoms with Crippen molar-refractivity contribution in [2.24, 2.45) is 7.05 Å². The first kappa shape index (κ1) is 15.3. The highest BCUT2D eigenvalue weighted by molar-refractivity contribution is 5.74. The number of fused-ring (bicyclic) bond motifs is 1. The Hall–Kier alpha value is -2.09. The molecule has 0 aromatic carbocycles. The average molecular weight is 295 g/mol. The van der Waals surface area contributed by atoms with Crippen LogP contribution in [0.3, 0.4) is 0 Å². The highest BCUT2D eigenvalue weighted by Crippen LogP contribution is 2.13. The lowest BCUT2D eigenvalue weighted by Crippen LogP contribution is -2.40. The van der Waals surface area contributed by atoms with Crippen LogP contribution in [0.1, 0.15) is 13.3 Å². The molecule has 8 heteroatoms. The second-order valence-corrected chi connectivity index (χ2v) is 4.75. The SMILES string of the molecule is CCn1c(=O)c2c(nc(NC)n2C)n(CCCOC)c1=O. The van der Waals surface area contributed by atoms with Crippen LogP contribution in [0.25, 0.3) is 11.2 Å². The summed E-state index contributed by atoms with van der Waals surface area (Å²) in [6.07, 6.45) is 0.679. The average Bonchev–Trinajstić information content (AvgIpc) is 2.80. The minimum Gasteiger partial charge on any atom is -0.385 e. The number of hydrogen-bond donors (Lipinski definition) is 1. The number of anilines is 1. The molecule has 0 unspecified atom stereocenters. The summed E-state index contributed by atoms with van der Waals surface area (Å²) in [4.78, 5) is 29.3. The molecule has 0 spiro atoms. The largest absolute Gasteiger partial charge is 0.385 e. The van der Waals surface area contributed by atoms with E-state index in [9.17, 15) is 9.59 Å². The van der Waals surface area contributed by atoms with Gasteiger partial charge < -0.3 is 14.6 Å². The van der Waals surface area contributed by atoms with Crippen LogP contribution in [-0.2, 0) is 24.9 Å². The number of nitrogens with zero attached hydrogens (tertiary/aromatic N) is 4. The summed E-state index contributed by atoms with van der Waals surface area (Å²) >= 11 is 0. The topological polar surface area (TPSA) is 83.1 Å². The Kier molecular flexibility index (Phi) is 4.46. The lowest BCUT2D eigenvalue weighted by Gasteiger charge is -2.10. The highest BCUT2D eigenvalue weighted by atomic mass is 16.5. The van der Waals surface area contributed by atoms with E-state index in [1.807, 2.05) is 0 Å². The fourth-order valence-electron chi connectivity index (χ4n) is 2.43. The van der Waals surface area contributed by atoms with E-state index in [2.05, 4.69) is 10.3 Å². The van der Waals surface area contributed by atoms with Crippen LogP contribution in [-0.4, -0.2) is 39.4 Å². The van der Waals surface area contributed by atoms with Crippen LogP contribution in [0.15, 0.2) is 9.59 Å². The molecule has 2 rings (SSSR count). The maximum absolute atomic E-state index is 12.5. The van der Waals surface area contributed by atoms with Gasteiger partial charge in [-0.2, -0.15) is 4.98 Å². The van der Waals surface area contributed by atoms with Crippen molar-refractivity contribution >= 4 is 17.1 Å². The molecule has 2 heterocycles. The molecular formula is C13H21N5O3. The predicted octanol–water partition coefficient (Wildman–Crippen LogP) is -0.00520. The molecule has 0 atom stereocenters. The number of imidazole rings is 1. The molecule has 2 aromatic rings. The molecule has 0 saturated carbocycles. The summed E-state index contributed by atoms with van der Waals surface area (Å²) in [5, 5.41) is 2.93. The lowest BCUT2D eigenvalue weighted by molar-refractivity contribution is 0.190. The number of aromatic nitrogens is 4. The van der Waals surface area contributed by atoms with Gasteiger partial charge in [-0.15, -0.1) is 0 Å². The van der Waals surface area contributed by atoms with E-state index in [-0.39, 0.29) is 11.2 Å². The first-order valence-electron chi connectivity index (χ1n) is 6.93. The van der Waals surface area contributed by atoms with Crippen molar-refractivity contribution in [3.63, 3.8) is 0 Å². The Morgan fingerprint density at radius 3 is 2.57 bits per heavy atom. The molecule has 2 aromatic heterocycles. The van der Waals surface area contributed by atoms with Crippen molar-refractivity contribution in [1.29, 1.82) is 0 Å². The number of nitrogens with one attached hydrogen (secondary N) is 1.